The zero-order chi connectivity index (χ0) is 24.3. The number of methoxy groups -OCH3 is 1. The van der Waals surface area contributed by atoms with Gasteiger partial charge in [0.15, 0.2) is 17.0 Å². The summed E-state index contributed by atoms with van der Waals surface area (Å²) in [5, 5.41) is 0. The summed E-state index contributed by atoms with van der Waals surface area (Å²) in [7, 11) is 1.57. The third-order valence-corrected chi connectivity index (χ3v) is 7.20. The Balaban J connectivity index is 1.69. The summed E-state index contributed by atoms with van der Waals surface area (Å²) in [5.41, 5.74) is 2.84. The second-order valence-electron chi connectivity index (χ2n) is 9.08. The van der Waals surface area contributed by atoms with Crippen molar-refractivity contribution in [2.45, 2.75) is 32.2 Å². The molecule has 0 radical (unpaired) electrons. The van der Waals surface area contributed by atoms with Crippen LogP contribution in [-0.4, -0.2) is 32.3 Å². The lowest BCUT2D eigenvalue weighted by Crippen LogP contribution is -2.52. The van der Waals surface area contributed by atoms with Crippen LogP contribution in [0.15, 0.2) is 54.6 Å². The maximum absolute atomic E-state index is 14.6. The van der Waals surface area contributed by atoms with Crippen LogP contribution in [0.3, 0.4) is 0 Å². The molecule has 0 aromatic heterocycles. The van der Waals surface area contributed by atoms with E-state index in [1.165, 1.54) is 0 Å². The quantitative estimate of drug-likeness (QED) is 0.537. The largest absolute Gasteiger partial charge is 0.497 e. The first-order chi connectivity index (χ1) is 17.0. The van der Waals surface area contributed by atoms with Gasteiger partial charge in [0.2, 0.25) is 6.79 Å². The highest BCUT2D eigenvalue weighted by atomic mass is 16.7. The first-order valence-electron chi connectivity index (χ1n) is 11.9. The number of ether oxygens (including phenoxy) is 3. The fourth-order valence-corrected chi connectivity index (χ4v) is 5.52. The van der Waals surface area contributed by atoms with Crippen molar-refractivity contribution >= 4 is 23.2 Å². The molecule has 1 spiro atoms. The van der Waals surface area contributed by atoms with Gasteiger partial charge in [-0.05, 0) is 43.2 Å². The van der Waals surface area contributed by atoms with Crippen LogP contribution >= 0.6 is 0 Å². The van der Waals surface area contributed by atoms with Crippen LogP contribution in [0.5, 0.6) is 17.2 Å². The summed E-state index contributed by atoms with van der Waals surface area (Å²) >= 11 is 0. The minimum atomic E-state index is -1.35. The highest BCUT2D eigenvalue weighted by molar-refractivity contribution is 6.25. The molecule has 3 aliphatic heterocycles. The van der Waals surface area contributed by atoms with Crippen molar-refractivity contribution in [1.29, 1.82) is 0 Å². The molecule has 0 N–H and O–H groups in total. The number of unbranched alkanes of at least 4 members (excludes halogenated alkanes) is 1. The van der Waals surface area contributed by atoms with Gasteiger partial charge >= 0.3 is 0 Å². The zero-order valence-electron chi connectivity index (χ0n) is 20.0. The Morgan fingerprint density at radius 2 is 1.74 bits per heavy atom. The smallest absolute Gasteiger partial charge is 0.262 e. The molecule has 6 rings (SSSR count). The van der Waals surface area contributed by atoms with E-state index < -0.39 is 5.54 Å². The summed E-state index contributed by atoms with van der Waals surface area (Å²) in [4.78, 5) is 32.2. The minimum absolute atomic E-state index is 0.127. The van der Waals surface area contributed by atoms with Gasteiger partial charge in [-0.2, -0.15) is 0 Å². The summed E-state index contributed by atoms with van der Waals surface area (Å²) in [6.45, 7) is 4.72. The van der Waals surface area contributed by atoms with E-state index in [0.717, 1.165) is 29.7 Å². The molecule has 7 heteroatoms. The van der Waals surface area contributed by atoms with Crippen molar-refractivity contribution < 1.29 is 23.8 Å². The van der Waals surface area contributed by atoms with E-state index >= 15 is 0 Å². The SMILES string of the molecule is CCCCN1C(=O)C2(c3ccc(OC)cc3C(=O)N2c2ccccc2C)c2cc3c(cc21)OCO3. The lowest BCUT2D eigenvalue weighted by molar-refractivity contribution is -0.121. The van der Waals surface area contributed by atoms with Crippen molar-refractivity contribution in [3.8, 4) is 17.2 Å². The molecule has 0 bridgehead atoms. The normalized spacial score (nSPS) is 19.5. The Bertz CT molecular complexity index is 1380. The van der Waals surface area contributed by atoms with Gasteiger partial charge in [-0.25, -0.2) is 0 Å². The lowest BCUT2D eigenvalue weighted by Gasteiger charge is -2.36. The van der Waals surface area contributed by atoms with Gasteiger partial charge in [0, 0.05) is 29.4 Å². The average Bonchev–Trinajstić information content (AvgIpc) is 3.50. The Hall–Kier alpha value is -4.00. The molecule has 1 atom stereocenters. The standard InChI is InChI=1S/C28H26N2O5/c1-4-5-12-29-23-15-25-24(34-16-35-25)14-21(23)28(27(29)32)20-11-10-18(33-3)13-19(20)26(31)30(28)22-9-7-6-8-17(22)2/h6-11,13-15H,4-5,12,16H2,1-3H3. The fraction of sp³-hybridized carbons (Fsp3) is 0.286. The van der Waals surface area contributed by atoms with Gasteiger partial charge in [0.1, 0.15) is 5.75 Å². The van der Waals surface area contributed by atoms with E-state index in [1.54, 1.807) is 23.0 Å². The summed E-state index contributed by atoms with van der Waals surface area (Å²) in [5.74, 6) is 1.37. The number of carbonyl (C=O) groups is 2. The molecule has 0 saturated carbocycles. The number of carbonyl (C=O) groups excluding carboxylic acids is 2. The predicted molar refractivity (Wildman–Crippen MR) is 132 cm³/mol. The number of hydrogen-bond donors (Lipinski definition) is 0. The molecule has 35 heavy (non-hydrogen) atoms. The number of anilines is 2. The molecule has 7 nitrogen and oxygen atoms in total. The topological polar surface area (TPSA) is 68.3 Å². The van der Waals surface area contributed by atoms with Crippen LogP contribution in [-0.2, 0) is 10.3 Å². The van der Waals surface area contributed by atoms with E-state index in [9.17, 15) is 9.59 Å². The zero-order valence-corrected chi connectivity index (χ0v) is 20.0. The van der Waals surface area contributed by atoms with Crippen LogP contribution in [0.4, 0.5) is 11.4 Å². The molecule has 0 saturated heterocycles. The first kappa shape index (κ1) is 21.5. The monoisotopic (exact) mass is 470 g/mol. The van der Waals surface area contributed by atoms with Gasteiger partial charge in [-0.3, -0.25) is 14.5 Å². The summed E-state index contributed by atoms with van der Waals surface area (Å²) < 4.78 is 16.8. The second kappa shape index (κ2) is 7.77. The molecule has 178 valence electrons. The number of para-hydroxylation sites is 1. The summed E-state index contributed by atoms with van der Waals surface area (Å²) in [6, 6.07) is 16.8. The van der Waals surface area contributed by atoms with E-state index in [1.807, 2.05) is 55.5 Å². The third-order valence-electron chi connectivity index (χ3n) is 7.20. The minimum Gasteiger partial charge on any atom is -0.497 e. The Kier molecular flexibility index (Phi) is 4.78. The molecular weight excluding hydrogens is 444 g/mol. The first-order valence-corrected chi connectivity index (χ1v) is 11.9. The van der Waals surface area contributed by atoms with Crippen molar-refractivity contribution in [2.24, 2.45) is 0 Å². The molecule has 3 heterocycles. The van der Waals surface area contributed by atoms with Gasteiger partial charge in [-0.15, -0.1) is 0 Å². The third kappa shape index (κ3) is 2.78. The van der Waals surface area contributed by atoms with Crippen LogP contribution in [0.2, 0.25) is 0 Å². The van der Waals surface area contributed by atoms with Crippen molar-refractivity contribution in [3.63, 3.8) is 0 Å². The predicted octanol–water partition coefficient (Wildman–Crippen LogP) is 4.78. The van der Waals surface area contributed by atoms with Crippen LogP contribution in [0.1, 0.15) is 46.8 Å². The number of amides is 2. The number of benzene rings is 3. The number of aryl methyl sites for hydroxylation is 1. The number of hydrogen-bond acceptors (Lipinski definition) is 5. The van der Waals surface area contributed by atoms with Crippen LogP contribution < -0.4 is 24.0 Å². The number of nitrogens with zero attached hydrogens (tertiary/aromatic N) is 2. The summed E-state index contributed by atoms with van der Waals surface area (Å²) in [6.07, 6.45) is 1.77. The molecule has 2 amide bonds. The lowest BCUT2D eigenvalue weighted by atomic mass is 9.83. The maximum Gasteiger partial charge on any atom is 0.262 e. The van der Waals surface area contributed by atoms with Crippen molar-refractivity contribution in [2.75, 3.05) is 30.2 Å². The molecule has 0 fully saturated rings. The van der Waals surface area contributed by atoms with Gasteiger partial charge in [-0.1, -0.05) is 37.6 Å². The number of fused-ring (bicyclic) bond motifs is 5. The molecule has 3 aromatic carbocycles. The van der Waals surface area contributed by atoms with Crippen molar-refractivity contribution in [1.82, 2.24) is 0 Å². The Morgan fingerprint density at radius 3 is 2.49 bits per heavy atom. The molecule has 3 aromatic rings. The molecule has 0 aliphatic carbocycles. The molecule has 3 aliphatic rings. The second-order valence-corrected chi connectivity index (χ2v) is 9.08. The average molecular weight is 471 g/mol. The Labute approximate surface area is 203 Å². The van der Waals surface area contributed by atoms with E-state index in [-0.39, 0.29) is 18.6 Å². The van der Waals surface area contributed by atoms with Crippen LogP contribution in [0, 0.1) is 6.92 Å². The van der Waals surface area contributed by atoms with E-state index in [0.29, 0.717) is 40.6 Å². The van der Waals surface area contributed by atoms with E-state index in [4.69, 9.17) is 14.2 Å². The molecule has 1 unspecified atom stereocenters. The fourth-order valence-electron chi connectivity index (χ4n) is 5.52. The Morgan fingerprint density at radius 1 is 0.971 bits per heavy atom. The van der Waals surface area contributed by atoms with Crippen molar-refractivity contribution in [3.05, 3.63) is 76.9 Å². The number of rotatable bonds is 5. The van der Waals surface area contributed by atoms with Crippen LogP contribution in [0.25, 0.3) is 0 Å². The van der Waals surface area contributed by atoms with E-state index in [2.05, 4.69) is 6.92 Å². The van der Waals surface area contributed by atoms with Gasteiger partial charge in [0.25, 0.3) is 11.8 Å². The highest BCUT2D eigenvalue weighted by Crippen LogP contribution is 2.57. The maximum atomic E-state index is 14.6. The molecular formula is C28H26N2O5. The highest BCUT2D eigenvalue weighted by Gasteiger charge is 2.63. The van der Waals surface area contributed by atoms with Gasteiger partial charge in [0.05, 0.1) is 18.4 Å². The van der Waals surface area contributed by atoms with Gasteiger partial charge < -0.3 is 19.1 Å².